The van der Waals surface area contributed by atoms with Crippen LogP contribution in [0.1, 0.15) is 19.3 Å². The molecule has 1 rings (SSSR count). The molecule has 0 atom stereocenters. The summed E-state index contributed by atoms with van der Waals surface area (Å²) in [6.45, 7) is 0. The van der Waals surface area contributed by atoms with Crippen molar-refractivity contribution in [1.82, 2.24) is 0 Å². The normalized spacial score (nSPS) is 18.4. The Labute approximate surface area is 132 Å². The van der Waals surface area contributed by atoms with Gasteiger partial charge in [0, 0.05) is 0 Å². The molecule has 0 saturated heterocycles. The van der Waals surface area contributed by atoms with Crippen molar-refractivity contribution >= 4 is 87.5 Å². The summed E-state index contributed by atoms with van der Waals surface area (Å²) in [4.78, 5) is 10.8. The van der Waals surface area contributed by atoms with Gasteiger partial charge in [-0.2, -0.15) is 12.6 Å². The van der Waals surface area contributed by atoms with E-state index in [4.69, 9.17) is 0 Å². The zero-order valence-corrected chi connectivity index (χ0v) is 6.99. The van der Waals surface area contributed by atoms with Crippen molar-refractivity contribution in [3.8, 4) is 0 Å². The van der Waals surface area contributed by atoms with Crippen molar-refractivity contribution in [3.05, 3.63) is 0 Å². The van der Waals surface area contributed by atoms with Crippen LogP contribution < -0.4 is 0 Å². The molecule has 0 heterocycles. The van der Waals surface area contributed by atoms with E-state index in [9.17, 15) is 4.79 Å². The molecule has 0 radical (unpaired) electrons. The van der Waals surface area contributed by atoms with Gasteiger partial charge in [0.1, 0.15) is 0 Å². The third-order valence-electron chi connectivity index (χ3n) is 2.04. The van der Waals surface area contributed by atoms with E-state index in [1.165, 1.54) is 7.11 Å². The summed E-state index contributed by atoms with van der Waals surface area (Å²) in [6, 6.07) is 0. The maximum absolute atomic E-state index is 10.8. The number of hydrogen-bond donors (Lipinski definition) is 1. The molecule has 0 N–H and O–H groups in total. The van der Waals surface area contributed by atoms with Crippen molar-refractivity contribution in [2.24, 2.45) is 5.41 Å². The Balaban J connectivity index is 0.000001000. The second-order valence-electron chi connectivity index (χ2n) is 2.91. The Kier molecular flexibility index (Phi) is 6.52. The molecular weight excluding hydrogens is 281 g/mol. The summed E-state index contributed by atoms with van der Waals surface area (Å²) in [7, 11) is 1.43. The molecule has 1 aliphatic carbocycles. The Morgan fingerprint density at radius 3 is 2.45 bits per heavy atom. The Morgan fingerprint density at radius 2 is 2.18 bits per heavy atom. The molecule has 1 fully saturated rings. The van der Waals surface area contributed by atoms with E-state index in [1.54, 1.807) is 0 Å². The number of carbonyl (C=O) groups excluding carboxylic acids is 1. The Hall–Kier alpha value is 1.87. The minimum absolute atomic E-state index is 0. The number of thiol groups is 1. The molecule has 0 aromatic heterocycles. The second-order valence-corrected chi connectivity index (χ2v) is 3.23. The predicted molar refractivity (Wildman–Crippen MR) is 49.3 cm³/mol. The first-order chi connectivity index (χ1) is 4.72. The van der Waals surface area contributed by atoms with Crippen molar-refractivity contribution < 1.29 is 9.53 Å². The number of methoxy groups -OCH3 is 1. The van der Waals surface area contributed by atoms with Gasteiger partial charge in [0.25, 0.3) is 0 Å². The SMILES string of the molecule is COC(=O)CC1(CS)CC1.[CsH]. The number of hydrogen-bond acceptors (Lipinski definition) is 3. The topological polar surface area (TPSA) is 26.3 Å². The molecular formula is C7H13CsO2S. The van der Waals surface area contributed by atoms with Crippen LogP contribution in [0.4, 0.5) is 0 Å². The molecule has 0 bridgehead atoms. The Bertz CT molecular complexity index is 145. The maximum atomic E-state index is 10.8. The molecule has 0 unspecified atom stereocenters. The first-order valence-electron chi connectivity index (χ1n) is 3.40. The molecule has 0 aliphatic heterocycles. The molecule has 4 heteroatoms. The van der Waals surface area contributed by atoms with Crippen LogP contribution in [0.3, 0.4) is 0 Å². The van der Waals surface area contributed by atoms with Crippen LogP contribution in [0, 0.1) is 5.41 Å². The van der Waals surface area contributed by atoms with Gasteiger partial charge < -0.3 is 4.74 Å². The van der Waals surface area contributed by atoms with Gasteiger partial charge in [-0.3, -0.25) is 4.79 Å². The van der Waals surface area contributed by atoms with Crippen molar-refractivity contribution in [2.75, 3.05) is 12.9 Å². The van der Waals surface area contributed by atoms with E-state index in [1.807, 2.05) is 0 Å². The van der Waals surface area contributed by atoms with E-state index < -0.39 is 0 Å². The van der Waals surface area contributed by atoms with Crippen LogP contribution in [0.25, 0.3) is 0 Å². The number of carbonyl (C=O) groups is 1. The monoisotopic (exact) mass is 294 g/mol. The van der Waals surface area contributed by atoms with E-state index in [2.05, 4.69) is 17.4 Å². The zero-order valence-electron chi connectivity index (χ0n) is 6.09. The fourth-order valence-corrected chi connectivity index (χ4v) is 1.37. The van der Waals surface area contributed by atoms with Crippen LogP contribution in [0.5, 0.6) is 0 Å². The fourth-order valence-electron chi connectivity index (χ4n) is 0.946. The summed E-state index contributed by atoms with van der Waals surface area (Å²) in [5.41, 5.74) is 0.205. The van der Waals surface area contributed by atoms with Gasteiger partial charge in [-0.25, -0.2) is 0 Å². The fraction of sp³-hybridized carbons (Fsp3) is 0.857. The standard InChI is InChI=1S/C7H12O2S.Cs.H/c1-9-6(8)4-7(5-10)2-3-7;;/h10H,2-5H2,1H3;;. The first-order valence-corrected chi connectivity index (χ1v) is 4.03. The number of rotatable bonds is 3. The van der Waals surface area contributed by atoms with E-state index in [0.29, 0.717) is 6.42 Å². The molecule has 1 aliphatic rings. The van der Waals surface area contributed by atoms with E-state index >= 15 is 0 Å². The predicted octanol–water partition coefficient (Wildman–Crippen LogP) is 0.611. The van der Waals surface area contributed by atoms with Crippen LogP contribution in [0.2, 0.25) is 0 Å². The molecule has 60 valence electrons. The van der Waals surface area contributed by atoms with Crippen LogP contribution in [-0.4, -0.2) is 87.7 Å². The molecule has 0 amide bonds. The van der Waals surface area contributed by atoms with Gasteiger partial charge in [-0.1, -0.05) is 0 Å². The van der Waals surface area contributed by atoms with Crippen LogP contribution in [-0.2, 0) is 9.53 Å². The number of esters is 1. The van der Waals surface area contributed by atoms with Crippen LogP contribution >= 0.6 is 12.6 Å². The average molecular weight is 294 g/mol. The summed E-state index contributed by atoms with van der Waals surface area (Å²) >= 11 is 4.17. The van der Waals surface area contributed by atoms with Gasteiger partial charge in [-0.05, 0) is 24.0 Å². The van der Waals surface area contributed by atoms with Crippen molar-refractivity contribution in [3.63, 3.8) is 0 Å². The first kappa shape index (κ1) is 12.9. The van der Waals surface area contributed by atoms with Crippen molar-refractivity contribution in [1.29, 1.82) is 0 Å². The molecule has 0 spiro atoms. The average Bonchev–Trinajstić information content (AvgIpc) is 2.70. The summed E-state index contributed by atoms with van der Waals surface area (Å²) in [6.07, 6.45) is 2.81. The quantitative estimate of drug-likeness (QED) is 0.610. The van der Waals surface area contributed by atoms with Gasteiger partial charge in [0.05, 0.1) is 13.5 Å². The molecule has 11 heavy (non-hydrogen) atoms. The Morgan fingerprint density at radius 1 is 1.64 bits per heavy atom. The van der Waals surface area contributed by atoms with E-state index in [0.717, 1.165) is 18.6 Å². The molecule has 1 saturated carbocycles. The van der Waals surface area contributed by atoms with E-state index in [-0.39, 0.29) is 80.3 Å². The van der Waals surface area contributed by atoms with Gasteiger partial charge in [0.2, 0.25) is 0 Å². The summed E-state index contributed by atoms with van der Waals surface area (Å²) < 4.78 is 4.56. The van der Waals surface area contributed by atoms with Crippen LogP contribution in [0.15, 0.2) is 0 Å². The molecule has 0 aromatic rings. The molecule has 0 aromatic carbocycles. The third-order valence-corrected chi connectivity index (χ3v) is 2.71. The zero-order chi connectivity index (χ0) is 7.61. The second kappa shape index (κ2) is 5.57. The summed E-state index contributed by atoms with van der Waals surface area (Å²) in [5.74, 6) is 0.703. The summed E-state index contributed by atoms with van der Waals surface area (Å²) in [5, 5.41) is 0. The third kappa shape index (κ3) is 4.06. The molecule has 2 nitrogen and oxygen atoms in total. The van der Waals surface area contributed by atoms with Gasteiger partial charge >= 0.3 is 74.9 Å². The van der Waals surface area contributed by atoms with Gasteiger partial charge in [-0.15, -0.1) is 0 Å². The van der Waals surface area contributed by atoms with Gasteiger partial charge in [0.15, 0.2) is 0 Å². The number of ether oxygens (including phenoxy) is 1. The van der Waals surface area contributed by atoms with Crippen molar-refractivity contribution in [2.45, 2.75) is 19.3 Å². The minimum atomic E-state index is -0.105.